The number of hydrogen-bond donors (Lipinski definition) is 0. The largest absolute Gasteiger partial charge is 0.469 e. The lowest BCUT2D eigenvalue weighted by atomic mass is 10.0. The van der Waals surface area contributed by atoms with Gasteiger partial charge in [-0.1, -0.05) is 30.3 Å². The third kappa shape index (κ3) is 3.03. The lowest BCUT2D eigenvalue weighted by Gasteiger charge is -2.10. The molecule has 2 aromatic heterocycles. The Morgan fingerprint density at radius 3 is 2.81 bits per heavy atom. The molecule has 26 heavy (non-hydrogen) atoms. The number of carbonyl (C=O) groups is 1. The number of hydrogen-bond acceptors (Lipinski definition) is 6. The number of carbonyl (C=O) groups excluding carboxylic acids is 1. The molecule has 134 valence electrons. The van der Waals surface area contributed by atoms with Gasteiger partial charge >= 0.3 is 5.97 Å². The van der Waals surface area contributed by atoms with Crippen LogP contribution in [0.15, 0.2) is 30.3 Å². The van der Waals surface area contributed by atoms with Gasteiger partial charge < -0.3 is 9.30 Å². The number of nitrogens with zero attached hydrogens (tertiary/aromatic N) is 4. The normalized spacial score (nSPS) is 16.8. The molecule has 0 amide bonds. The minimum absolute atomic E-state index is 0.0722. The molecule has 0 bridgehead atoms. The van der Waals surface area contributed by atoms with Gasteiger partial charge in [0.25, 0.3) is 0 Å². The van der Waals surface area contributed by atoms with Gasteiger partial charge in [0.2, 0.25) is 0 Å². The smallest absolute Gasteiger partial charge is 0.308 e. The summed E-state index contributed by atoms with van der Waals surface area (Å²) in [6.45, 7) is 2.73. The van der Waals surface area contributed by atoms with Crippen LogP contribution in [0.1, 0.15) is 24.4 Å². The van der Waals surface area contributed by atoms with Crippen molar-refractivity contribution in [2.75, 3.05) is 7.11 Å². The molecule has 3 heterocycles. The molecule has 0 fully saturated rings. The van der Waals surface area contributed by atoms with Crippen LogP contribution in [0.5, 0.6) is 0 Å². The van der Waals surface area contributed by atoms with Crippen LogP contribution in [0.3, 0.4) is 0 Å². The summed E-state index contributed by atoms with van der Waals surface area (Å²) in [5.74, 6) is 1.57. The Kier molecular flexibility index (Phi) is 4.55. The Morgan fingerprint density at radius 1 is 1.23 bits per heavy atom. The Labute approximate surface area is 155 Å². The summed E-state index contributed by atoms with van der Waals surface area (Å²) in [5.41, 5.74) is 2.06. The fourth-order valence-corrected chi connectivity index (χ4v) is 4.43. The highest BCUT2D eigenvalue weighted by molar-refractivity contribution is 7.18. The van der Waals surface area contributed by atoms with E-state index in [1.165, 1.54) is 7.11 Å². The van der Waals surface area contributed by atoms with E-state index in [1.54, 1.807) is 11.3 Å². The number of aromatic nitrogens is 4. The quantitative estimate of drug-likeness (QED) is 0.662. The molecule has 0 N–H and O–H groups in total. The Hall–Kier alpha value is -2.54. The van der Waals surface area contributed by atoms with E-state index in [-0.39, 0.29) is 11.9 Å². The van der Waals surface area contributed by atoms with E-state index in [0.29, 0.717) is 0 Å². The predicted octanol–water partition coefficient (Wildman–Crippen LogP) is 3.50. The molecule has 1 atom stereocenters. The van der Waals surface area contributed by atoms with Crippen LogP contribution in [-0.4, -0.2) is 32.8 Å². The van der Waals surface area contributed by atoms with E-state index in [0.717, 1.165) is 58.6 Å². The summed E-state index contributed by atoms with van der Waals surface area (Å²) in [6, 6.07) is 10.2. The van der Waals surface area contributed by atoms with Gasteiger partial charge in [-0.05, 0) is 19.8 Å². The Bertz CT molecular complexity index is 932. The van der Waals surface area contributed by atoms with Crippen LogP contribution >= 0.6 is 11.3 Å². The number of ether oxygens (including phenoxy) is 1. The zero-order valence-electron chi connectivity index (χ0n) is 14.8. The highest BCUT2D eigenvalue weighted by atomic mass is 32.1. The summed E-state index contributed by atoms with van der Waals surface area (Å²) in [4.78, 5) is 17.7. The highest BCUT2D eigenvalue weighted by Crippen LogP contribution is 2.35. The molecule has 0 spiro atoms. The lowest BCUT2D eigenvalue weighted by Crippen LogP contribution is -2.16. The molecule has 0 saturated heterocycles. The van der Waals surface area contributed by atoms with Crippen molar-refractivity contribution in [1.29, 1.82) is 0 Å². The zero-order chi connectivity index (χ0) is 18.1. The van der Waals surface area contributed by atoms with Gasteiger partial charge in [-0.3, -0.25) is 4.79 Å². The van der Waals surface area contributed by atoms with Crippen LogP contribution in [0.4, 0.5) is 0 Å². The molecule has 6 nitrogen and oxygen atoms in total. The molecule has 7 heteroatoms. The average molecular weight is 368 g/mol. The molecule has 1 aliphatic heterocycles. The van der Waals surface area contributed by atoms with Gasteiger partial charge in [-0.2, -0.15) is 0 Å². The number of rotatable bonds is 3. The van der Waals surface area contributed by atoms with E-state index in [9.17, 15) is 4.79 Å². The molecular weight excluding hydrogens is 348 g/mol. The predicted molar refractivity (Wildman–Crippen MR) is 99.7 cm³/mol. The second-order valence-corrected chi connectivity index (χ2v) is 7.44. The second kappa shape index (κ2) is 6.99. The van der Waals surface area contributed by atoms with Crippen molar-refractivity contribution in [2.24, 2.45) is 5.92 Å². The summed E-state index contributed by atoms with van der Waals surface area (Å²) in [7, 11) is 1.45. The fraction of sp³-hybridized carbons (Fsp3) is 0.368. The molecular formula is C19H20N4O2S. The minimum Gasteiger partial charge on any atom is -0.469 e. The van der Waals surface area contributed by atoms with Crippen molar-refractivity contribution in [3.8, 4) is 21.3 Å². The standard InChI is InChI=1S/C19H20N4O2S/c1-12-16(26-18(20-12)13-6-4-3-5-7-13)17-22-21-15-9-8-14(19(24)25-2)10-11-23(15)17/h3-7,14H,8-11H2,1-2H3. The molecule has 3 aromatic rings. The number of aryl methyl sites for hydroxylation is 2. The molecule has 0 saturated carbocycles. The van der Waals surface area contributed by atoms with Gasteiger partial charge in [0.1, 0.15) is 10.8 Å². The third-order valence-corrected chi connectivity index (χ3v) is 6.00. The Morgan fingerprint density at radius 2 is 2.04 bits per heavy atom. The lowest BCUT2D eigenvalue weighted by molar-refractivity contribution is -0.145. The van der Waals surface area contributed by atoms with Crippen LogP contribution in [0.2, 0.25) is 0 Å². The first-order chi connectivity index (χ1) is 12.7. The van der Waals surface area contributed by atoms with Crippen LogP contribution in [0.25, 0.3) is 21.3 Å². The Balaban J connectivity index is 1.66. The summed E-state index contributed by atoms with van der Waals surface area (Å²) in [5, 5.41) is 9.79. The van der Waals surface area contributed by atoms with Crippen molar-refractivity contribution in [1.82, 2.24) is 19.7 Å². The maximum atomic E-state index is 11.9. The molecule has 1 aliphatic rings. The van der Waals surface area contributed by atoms with E-state index in [1.807, 2.05) is 25.1 Å². The summed E-state index contributed by atoms with van der Waals surface area (Å²) >= 11 is 1.64. The number of fused-ring (bicyclic) bond motifs is 1. The maximum Gasteiger partial charge on any atom is 0.308 e. The maximum absolute atomic E-state index is 11.9. The van der Waals surface area contributed by atoms with Gasteiger partial charge in [0.15, 0.2) is 5.82 Å². The van der Waals surface area contributed by atoms with Crippen molar-refractivity contribution in [2.45, 2.75) is 32.7 Å². The van der Waals surface area contributed by atoms with E-state index >= 15 is 0 Å². The monoisotopic (exact) mass is 368 g/mol. The van der Waals surface area contributed by atoms with Gasteiger partial charge in [-0.15, -0.1) is 21.5 Å². The van der Waals surface area contributed by atoms with Crippen LogP contribution < -0.4 is 0 Å². The molecule has 4 rings (SSSR count). The van der Waals surface area contributed by atoms with Crippen LogP contribution in [0, 0.1) is 12.8 Å². The molecule has 0 aliphatic carbocycles. The molecule has 1 aromatic carbocycles. The summed E-state index contributed by atoms with van der Waals surface area (Å²) in [6.07, 6.45) is 2.23. The van der Waals surface area contributed by atoms with Crippen molar-refractivity contribution >= 4 is 17.3 Å². The molecule has 0 radical (unpaired) electrons. The first-order valence-electron chi connectivity index (χ1n) is 8.70. The first kappa shape index (κ1) is 16.9. The first-order valence-corrected chi connectivity index (χ1v) is 9.52. The van der Waals surface area contributed by atoms with Crippen LogP contribution in [-0.2, 0) is 22.5 Å². The highest BCUT2D eigenvalue weighted by Gasteiger charge is 2.27. The number of benzene rings is 1. The molecule has 1 unspecified atom stereocenters. The van der Waals surface area contributed by atoms with Gasteiger partial charge in [0, 0.05) is 18.5 Å². The van der Waals surface area contributed by atoms with Gasteiger partial charge in [0.05, 0.1) is 23.6 Å². The fourth-order valence-electron chi connectivity index (χ4n) is 3.37. The summed E-state index contributed by atoms with van der Waals surface area (Å²) < 4.78 is 7.05. The number of thiazole rings is 1. The third-order valence-electron chi connectivity index (χ3n) is 4.80. The SMILES string of the molecule is COC(=O)C1CCc2nnc(-c3sc(-c4ccccc4)nc3C)n2CC1. The number of methoxy groups -OCH3 is 1. The van der Waals surface area contributed by atoms with Crippen molar-refractivity contribution in [3.05, 3.63) is 41.9 Å². The number of esters is 1. The van der Waals surface area contributed by atoms with E-state index in [4.69, 9.17) is 9.72 Å². The van der Waals surface area contributed by atoms with Gasteiger partial charge in [-0.25, -0.2) is 4.98 Å². The topological polar surface area (TPSA) is 69.9 Å². The van der Waals surface area contributed by atoms with Crippen molar-refractivity contribution < 1.29 is 9.53 Å². The van der Waals surface area contributed by atoms with E-state index in [2.05, 4.69) is 26.9 Å². The second-order valence-electron chi connectivity index (χ2n) is 6.44. The minimum atomic E-state index is -0.134. The zero-order valence-corrected chi connectivity index (χ0v) is 15.6. The van der Waals surface area contributed by atoms with Crippen molar-refractivity contribution in [3.63, 3.8) is 0 Å². The average Bonchev–Trinajstić information content (AvgIpc) is 3.18. The van der Waals surface area contributed by atoms with E-state index < -0.39 is 0 Å².